The van der Waals surface area contributed by atoms with E-state index in [1.54, 1.807) is 4.90 Å². The second-order valence-electron chi connectivity index (χ2n) is 11.4. The van der Waals surface area contributed by atoms with E-state index in [2.05, 4.69) is 15.2 Å². The molecule has 0 aliphatic carbocycles. The molecule has 3 aromatic rings. The quantitative estimate of drug-likeness (QED) is 0.320. The molecule has 1 aromatic carbocycles. The van der Waals surface area contributed by atoms with Crippen LogP contribution in [0.5, 0.6) is 0 Å². The summed E-state index contributed by atoms with van der Waals surface area (Å²) in [7, 11) is 1.52. The van der Waals surface area contributed by atoms with Crippen molar-refractivity contribution in [3.63, 3.8) is 0 Å². The number of benzene rings is 1. The zero-order valence-electron chi connectivity index (χ0n) is 25.3. The van der Waals surface area contributed by atoms with Crippen molar-refractivity contribution >= 4 is 34.4 Å². The summed E-state index contributed by atoms with van der Waals surface area (Å²) in [6, 6.07) is 7.50. The number of furan rings is 1. The van der Waals surface area contributed by atoms with E-state index in [9.17, 15) is 22.7 Å². The molecule has 1 saturated heterocycles. The molecule has 4 rings (SSSR count). The number of aryl methyl sites for hydroxylation is 1. The highest BCUT2D eigenvalue weighted by Crippen LogP contribution is 2.34. The van der Waals surface area contributed by atoms with Crippen LogP contribution in [0.15, 0.2) is 34.7 Å². The minimum Gasteiger partial charge on any atom is -0.444 e. The van der Waals surface area contributed by atoms with E-state index in [4.69, 9.17) is 9.15 Å². The molecule has 1 fully saturated rings. The van der Waals surface area contributed by atoms with Gasteiger partial charge >= 0.3 is 6.09 Å². The maximum Gasteiger partial charge on any atom is 0.410 e. The molecule has 1 atom stereocenters. The lowest BCUT2D eigenvalue weighted by atomic mass is 10.0. The number of carbonyl (C=O) groups excluding carboxylic acids is 2. The summed E-state index contributed by atoms with van der Waals surface area (Å²) < 4.78 is 48.9. The van der Waals surface area contributed by atoms with Crippen molar-refractivity contribution in [2.75, 3.05) is 46.3 Å². The number of rotatable bonds is 10. The Kier molecular flexibility index (Phi) is 10.5. The van der Waals surface area contributed by atoms with E-state index in [1.165, 1.54) is 35.6 Å². The van der Waals surface area contributed by atoms with Crippen molar-refractivity contribution in [1.29, 1.82) is 0 Å². The number of amides is 2. The molecule has 2 aromatic heterocycles. The van der Waals surface area contributed by atoms with E-state index in [0.717, 1.165) is 5.56 Å². The summed E-state index contributed by atoms with van der Waals surface area (Å²) in [5.74, 6) is -0.495. The zero-order valence-corrected chi connectivity index (χ0v) is 26.1. The highest BCUT2D eigenvalue weighted by atomic mass is 32.2. The number of hydrogen-bond acceptors (Lipinski definition) is 7. The van der Waals surface area contributed by atoms with Crippen molar-refractivity contribution < 1.29 is 31.9 Å². The van der Waals surface area contributed by atoms with Gasteiger partial charge in [0.15, 0.2) is 0 Å². The van der Waals surface area contributed by atoms with Crippen molar-refractivity contribution in [3.8, 4) is 11.3 Å². The van der Waals surface area contributed by atoms with E-state index >= 15 is 0 Å². The average molecular weight is 618 g/mol. The molecule has 1 aliphatic rings. The van der Waals surface area contributed by atoms with Gasteiger partial charge in [-0.3, -0.25) is 14.2 Å². The molecule has 1 aliphatic heterocycles. The third kappa shape index (κ3) is 8.17. The van der Waals surface area contributed by atoms with E-state index < -0.39 is 22.7 Å². The van der Waals surface area contributed by atoms with E-state index in [1.807, 2.05) is 33.8 Å². The standard InChI is InChI=1S/C30H40FN5O6S/c1-6-20-18-23-25(27(37)32-5)26(21-8-10-22(31)11-9-21)41-28(23)33-24(20)19-36(43(39)40)13-7-12-34-14-16-35(17-15-34)29(38)42-30(2,3)4/h8-11,18H,6-7,12-17,19H2,1-5H3,(H,32,37)(H,39,40). The molecule has 3 heterocycles. The normalized spacial score (nSPS) is 15.2. The molecule has 0 bridgehead atoms. The highest BCUT2D eigenvalue weighted by molar-refractivity contribution is 7.76. The first-order valence-electron chi connectivity index (χ1n) is 14.4. The monoisotopic (exact) mass is 617 g/mol. The molecule has 0 radical (unpaired) electrons. The summed E-state index contributed by atoms with van der Waals surface area (Å²) in [4.78, 5) is 33.8. The lowest BCUT2D eigenvalue weighted by molar-refractivity contribution is 0.0143. The van der Waals surface area contributed by atoms with Gasteiger partial charge in [0.25, 0.3) is 5.91 Å². The number of nitrogens with one attached hydrogen (secondary N) is 1. The minimum absolute atomic E-state index is 0.108. The second-order valence-corrected chi connectivity index (χ2v) is 12.4. The van der Waals surface area contributed by atoms with Gasteiger partial charge in [0.1, 0.15) is 17.2 Å². The van der Waals surface area contributed by atoms with Gasteiger partial charge in [0.2, 0.25) is 17.0 Å². The average Bonchev–Trinajstić information content (AvgIpc) is 3.33. The van der Waals surface area contributed by atoms with Gasteiger partial charge in [0.05, 0.1) is 23.2 Å². The van der Waals surface area contributed by atoms with Crippen LogP contribution >= 0.6 is 0 Å². The number of fused-ring (bicyclic) bond motifs is 1. The summed E-state index contributed by atoms with van der Waals surface area (Å²) in [5, 5.41) is 3.15. The number of aromatic nitrogens is 1. The van der Waals surface area contributed by atoms with Crippen LogP contribution in [-0.2, 0) is 29.0 Å². The maximum absolute atomic E-state index is 13.6. The number of nitrogens with zero attached hydrogens (tertiary/aromatic N) is 4. The number of hydrogen-bond donors (Lipinski definition) is 2. The third-order valence-corrected chi connectivity index (χ3v) is 8.00. The number of pyridine rings is 1. The first kappa shape index (κ1) is 32.5. The number of halogens is 1. The van der Waals surface area contributed by atoms with Crippen LogP contribution in [0.25, 0.3) is 22.4 Å². The van der Waals surface area contributed by atoms with Gasteiger partial charge in [-0.25, -0.2) is 18.4 Å². The van der Waals surface area contributed by atoms with Gasteiger partial charge in [-0.15, -0.1) is 0 Å². The predicted molar refractivity (Wildman–Crippen MR) is 162 cm³/mol. The van der Waals surface area contributed by atoms with E-state index in [0.29, 0.717) is 74.3 Å². The molecular weight excluding hydrogens is 577 g/mol. The molecule has 2 N–H and O–H groups in total. The first-order valence-corrected chi connectivity index (χ1v) is 15.5. The first-order chi connectivity index (χ1) is 20.4. The Bertz CT molecular complexity index is 1460. The molecule has 0 saturated carbocycles. The number of piperazine rings is 1. The molecule has 234 valence electrons. The third-order valence-electron chi connectivity index (χ3n) is 7.25. The lowest BCUT2D eigenvalue weighted by Gasteiger charge is -2.35. The predicted octanol–water partition coefficient (Wildman–Crippen LogP) is 4.44. The van der Waals surface area contributed by atoms with Crippen molar-refractivity contribution in [2.24, 2.45) is 0 Å². The van der Waals surface area contributed by atoms with E-state index in [-0.39, 0.29) is 30.0 Å². The highest BCUT2D eigenvalue weighted by Gasteiger charge is 2.27. The largest absolute Gasteiger partial charge is 0.444 e. The second kappa shape index (κ2) is 13.9. The van der Waals surface area contributed by atoms with Gasteiger partial charge in [0, 0.05) is 45.3 Å². The lowest BCUT2D eigenvalue weighted by Crippen LogP contribution is -2.50. The summed E-state index contributed by atoms with van der Waals surface area (Å²) in [5.41, 5.74) is 1.90. The maximum atomic E-state index is 13.6. The summed E-state index contributed by atoms with van der Waals surface area (Å²) in [6.45, 7) is 11.2. The van der Waals surface area contributed by atoms with Crippen LogP contribution < -0.4 is 5.32 Å². The fraction of sp³-hybridized carbons (Fsp3) is 0.500. The van der Waals surface area contributed by atoms with Gasteiger partial charge in [-0.05, 0) is 76.1 Å². The number of ether oxygens (including phenoxy) is 1. The van der Waals surface area contributed by atoms with Crippen LogP contribution in [0.2, 0.25) is 0 Å². The Morgan fingerprint density at radius 2 is 1.86 bits per heavy atom. The Hall–Kier alpha value is -3.39. The van der Waals surface area contributed by atoms with Crippen LogP contribution in [0.3, 0.4) is 0 Å². The SMILES string of the molecule is CCc1cc2c(C(=O)NC)c(-c3ccc(F)cc3)oc2nc1CN(CCCN1CCN(C(=O)OC(C)(C)C)CC1)S(=O)O. The Morgan fingerprint density at radius 3 is 2.44 bits per heavy atom. The fourth-order valence-electron chi connectivity index (χ4n) is 5.03. The van der Waals surface area contributed by atoms with Crippen LogP contribution in [0, 0.1) is 5.82 Å². The molecular formula is C30H40FN5O6S. The molecule has 13 heteroatoms. The zero-order chi connectivity index (χ0) is 31.3. The molecule has 43 heavy (non-hydrogen) atoms. The topological polar surface area (TPSA) is 128 Å². The van der Waals surface area contributed by atoms with Crippen molar-refractivity contribution in [1.82, 2.24) is 24.4 Å². The summed E-state index contributed by atoms with van der Waals surface area (Å²) >= 11 is -2.24. The Morgan fingerprint density at radius 1 is 1.19 bits per heavy atom. The molecule has 1 unspecified atom stereocenters. The van der Waals surface area contributed by atoms with Crippen molar-refractivity contribution in [2.45, 2.75) is 52.7 Å². The molecule has 11 nitrogen and oxygen atoms in total. The minimum atomic E-state index is -2.24. The molecule has 2 amide bonds. The Labute approximate surface area is 253 Å². The van der Waals surface area contributed by atoms with Gasteiger partial charge < -0.3 is 19.4 Å². The van der Waals surface area contributed by atoms with Crippen LogP contribution in [0.4, 0.5) is 9.18 Å². The smallest absolute Gasteiger partial charge is 0.410 e. The van der Waals surface area contributed by atoms with Crippen LogP contribution in [0.1, 0.15) is 55.7 Å². The number of carbonyl (C=O) groups is 2. The van der Waals surface area contributed by atoms with Crippen molar-refractivity contribution in [3.05, 3.63) is 53.0 Å². The van der Waals surface area contributed by atoms with Gasteiger partial charge in [-0.2, -0.15) is 4.31 Å². The summed E-state index contributed by atoms with van der Waals surface area (Å²) in [6.07, 6.45) is 0.906. The molecule has 0 spiro atoms. The van der Waals surface area contributed by atoms with Crippen LogP contribution in [-0.4, -0.2) is 91.8 Å². The Balaban J connectivity index is 1.46. The van der Waals surface area contributed by atoms with Gasteiger partial charge in [-0.1, -0.05) is 6.92 Å². The fourth-order valence-corrected chi connectivity index (χ4v) is 5.55.